The molecule has 0 aliphatic rings. The van der Waals surface area contributed by atoms with E-state index in [1.165, 1.54) is 11.8 Å². The van der Waals surface area contributed by atoms with Crippen LogP contribution in [-0.2, 0) is 13.6 Å². The molecule has 1 rings (SSSR count). The highest BCUT2D eigenvalue weighted by Crippen LogP contribution is 2.48. The minimum absolute atomic E-state index is 0.253. The highest BCUT2D eigenvalue weighted by Gasteiger charge is 2.22. The van der Waals surface area contributed by atoms with Gasteiger partial charge in [0.2, 0.25) is 0 Å². The molecule has 0 amide bonds. The molecule has 1 N–H and O–H groups in total. The maximum atomic E-state index is 12.2. The van der Waals surface area contributed by atoms with Crippen molar-refractivity contribution in [3.05, 3.63) is 29.8 Å². The molecule has 0 saturated heterocycles. The number of hydrogen-bond acceptors (Lipinski definition) is 5. The predicted octanol–water partition coefficient (Wildman–Crippen LogP) is 3.74. The van der Waals surface area contributed by atoms with Gasteiger partial charge in [-0.25, -0.2) is 4.79 Å². The van der Waals surface area contributed by atoms with Crippen LogP contribution in [0.3, 0.4) is 0 Å². The minimum Gasteiger partial charge on any atom is -0.478 e. The average molecular weight is 318 g/mol. The summed E-state index contributed by atoms with van der Waals surface area (Å²) in [5, 5.41) is 8.80. The van der Waals surface area contributed by atoms with Crippen molar-refractivity contribution in [3.8, 4) is 0 Å². The fraction of sp³-hybridized carbons (Fsp3) is 0.462. The molecule has 1 aromatic carbocycles. The number of carboxylic acid groups (broad SMARTS) is 1. The largest absolute Gasteiger partial charge is 0.478 e. The number of thioether (sulfide) groups is 1. The molecule has 0 unspecified atom stereocenters. The molecule has 0 aliphatic heterocycles. The van der Waals surface area contributed by atoms with E-state index < -0.39 is 13.6 Å². The lowest BCUT2D eigenvalue weighted by molar-refractivity contribution is 0.0696. The van der Waals surface area contributed by atoms with E-state index in [9.17, 15) is 9.36 Å². The number of carbonyl (C=O) groups is 1. The van der Waals surface area contributed by atoms with Crippen LogP contribution >= 0.6 is 19.4 Å². The summed E-state index contributed by atoms with van der Waals surface area (Å²) in [6, 6.07) is 6.57. The minimum atomic E-state index is -3.00. The fourth-order valence-electron chi connectivity index (χ4n) is 1.53. The highest BCUT2D eigenvalue weighted by molar-refractivity contribution is 7.99. The smallest absolute Gasteiger partial charge is 0.335 e. The van der Waals surface area contributed by atoms with Gasteiger partial charge in [0, 0.05) is 10.6 Å². The number of carboxylic acids is 1. The summed E-state index contributed by atoms with van der Waals surface area (Å²) in [6.45, 7) is 4.28. The number of benzene rings is 1. The van der Waals surface area contributed by atoms with E-state index in [4.69, 9.17) is 14.2 Å². The van der Waals surface area contributed by atoms with E-state index >= 15 is 0 Å². The second kappa shape index (κ2) is 8.47. The molecule has 0 atom stereocenters. The van der Waals surface area contributed by atoms with Crippen molar-refractivity contribution in [2.45, 2.75) is 18.7 Å². The maximum Gasteiger partial charge on any atom is 0.335 e. The Bertz CT molecular complexity index is 464. The molecule has 0 fully saturated rings. The summed E-state index contributed by atoms with van der Waals surface area (Å²) in [7, 11) is -3.00. The molecular formula is C13H19O5PS. The Morgan fingerprint density at radius 3 is 2.20 bits per heavy atom. The Labute approximate surface area is 123 Å². The zero-order valence-corrected chi connectivity index (χ0v) is 13.3. The summed E-state index contributed by atoms with van der Waals surface area (Å²) in [5.74, 6) is -0.359. The Hall–Kier alpha value is -0.810. The van der Waals surface area contributed by atoms with E-state index in [0.29, 0.717) is 25.1 Å². The normalized spacial score (nSPS) is 11.5. The lowest BCUT2D eigenvalue weighted by Crippen LogP contribution is -2.02. The lowest BCUT2D eigenvalue weighted by atomic mass is 10.2. The van der Waals surface area contributed by atoms with Gasteiger partial charge in [0.15, 0.2) is 0 Å². The molecule has 1 aromatic rings. The lowest BCUT2D eigenvalue weighted by Gasteiger charge is -2.16. The monoisotopic (exact) mass is 318 g/mol. The molecule has 0 aliphatic carbocycles. The van der Waals surface area contributed by atoms with Crippen molar-refractivity contribution in [3.63, 3.8) is 0 Å². The molecular weight excluding hydrogens is 299 g/mol. The molecule has 0 spiro atoms. The van der Waals surface area contributed by atoms with Gasteiger partial charge >= 0.3 is 13.6 Å². The molecule has 7 heteroatoms. The Balaban J connectivity index is 2.50. The van der Waals surface area contributed by atoms with Gasteiger partial charge in [-0.05, 0) is 38.1 Å². The standard InChI is InChI=1S/C13H19O5PS/c1-3-17-19(16,18-4-2)9-10-20-12-7-5-11(6-8-12)13(14)15/h5-8H,3-4,9-10H2,1-2H3,(H,14,15). The topological polar surface area (TPSA) is 72.8 Å². The zero-order valence-electron chi connectivity index (χ0n) is 11.6. The van der Waals surface area contributed by atoms with Crippen LogP contribution in [0.1, 0.15) is 24.2 Å². The van der Waals surface area contributed by atoms with Crippen molar-refractivity contribution in [2.24, 2.45) is 0 Å². The van der Waals surface area contributed by atoms with Crippen LogP contribution < -0.4 is 0 Å². The average Bonchev–Trinajstić information content (AvgIpc) is 2.39. The first-order valence-corrected chi connectivity index (χ1v) is 9.06. The van der Waals surface area contributed by atoms with Crippen LogP contribution in [0.15, 0.2) is 29.2 Å². The first-order chi connectivity index (χ1) is 9.50. The van der Waals surface area contributed by atoms with Gasteiger partial charge in [-0.15, -0.1) is 11.8 Å². The SMILES string of the molecule is CCOP(=O)(CCSc1ccc(C(=O)O)cc1)OCC. The first-order valence-electron chi connectivity index (χ1n) is 6.35. The van der Waals surface area contributed by atoms with E-state index in [0.717, 1.165) is 4.90 Å². The van der Waals surface area contributed by atoms with E-state index in [-0.39, 0.29) is 5.56 Å². The number of rotatable bonds is 9. The summed E-state index contributed by atoms with van der Waals surface area (Å²) in [6.07, 6.45) is 0.333. The quantitative estimate of drug-likeness (QED) is 0.552. The Morgan fingerprint density at radius 1 is 1.20 bits per heavy atom. The molecule has 0 saturated carbocycles. The second-order valence-electron chi connectivity index (χ2n) is 3.85. The van der Waals surface area contributed by atoms with Crippen molar-refractivity contribution in [2.75, 3.05) is 25.1 Å². The maximum absolute atomic E-state index is 12.2. The summed E-state index contributed by atoms with van der Waals surface area (Å²) >= 11 is 1.49. The molecule has 5 nitrogen and oxygen atoms in total. The Morgan fingerprint density at radius 2 is 1.75 bits per heavy atom. The van der Waals surface area contributed by atoms with Crippen molar-refractivity contribution in [1.82, 2.24) is 0 Å². The third-order valence-electron chi connectivity index (χ3n) is 2.39. The van der Waals surface area contributed by atoms with Crippen LogP contribution in [0.4, 0.5) is 0 Å². The molecule has 0 bridgehead atoms. The zero-order chi connectivity index (χ0) is 15.0. The van der Waals surface area contributed by atoms with Crippen molar-refractivity contribution in [1.29, 1.82) is 0 Å². The fourth-order valence-corrected chi connectivity index (χ4v) is 4.47. The van der Waals surface area contributed by atoms with Gasteiger partial charge in [-0.3, -0.25) is 4.57 Å². The molecule has 20 heavy (non-hydrogen) atoms. The van der Waals surface area contributed by atoms with Crippen LogP contribution in [0, 0.1) is 0 Å². The van der Waals surface area contributed by atoms with Gasteiger partial charge in [-0.1, -0.05) is 0 Å². The van der Waals surface area contributed by atoms with Gasteiger partial charge in [0.25, 0.3) is 0 Å². The third kappa shape index (κ3) is 5.67. The summed E-state index contributed by atoms with van der Waals surface area (Å²) in [5.41, 5.74) is 0.253. The van der Waals surface area contributed by atoms with Gasteiger partial charge in [0.05, 0.1) is 24.9 Å². The van der Waals surface area contributed by atoms with Crippen LogP contribution in [0.2, 0.25) is 0 Å². The van der Waals surface area contributed by atoms with Gasteiger partial charge < -0.3 is 14.2 Å². The van der Waals surface area contributed by atoms with Gasteiger partial charge in [-0.2, -0.15) is 0 Å². The van der Waals surface area contributed by atoms with Crippen molar-refractivity contribution >= 4 is 25.3 Å². The van der Waals surface area contributed by atoms with E-state index in [1.54, 1.807) is 38.1 Å². The predicted molar refractivity (Wildman–Crippen MR) is 79.9 cm³/mol. The summed E-state index contributed by atoms with van der Waals surface area (Å²) < 4.78 is 22.6. The van der Waals surface area contributed by atoms with E-state index in [1.807, 2.05) is 0 Å². The molecule has 0 aromatic heterocycles. The third-order valence-corrected chi connectivity index (χ3v) is 5.78. The molecule has 0 heterocycles. The Kier molecular flexibility index (Phi) is 7.30. The summed E-state index contributed by atoms with van der Waals surface area (Å²) in [4.78, 5) is 11.7. The van der Waals surface area contributed by atoms with Gasteiger partial charge in [0.1, 0.15) is 0 Å². The van der Waals surface area contributed by atoms with Crippen LogP contribution in [-0.4, -0.2) is 36.2 Å². The number of hydrogen-bond donors (Lipinski definition) is 1. The van der Waals surface area contributed by atoms with E-state index in [2.05, 4.69) is 0 Å². The first kappa shape index (κ1) is 17.2. The van der Waals surface area contributed by atoms with Crippen LogP contribution in [0.25, 0.3) is 0 Å². The van der Waals surface area contributed by atoms with Crippen molar-refractivity contribution < 1.29 is 23.5 Å². The van der Waals surface area contributed by atoms with Crippen LogP contribution in [0.5, 0.6) is 0 Å². The second-order valence-corrected chi connectivity index (χ2v) is 7.20. The number of aromatic carboxylic acids is 1. The highest BCUT2D eigenvalue weighted by atomic mass is 32.2. The molecule has 0 radical (unpaired) electrons. The molecule has 112 valence electrons.